The number of aromatic amines is 1. The standard InChI is InChI=1S/C21H19F5N6O/c22-18(23)16-9-27-17-6-1-11(10-32(16)17)14-7-28-19-15(14)8-29-20(31-19)30-12-2-4-13(5-3-12)33-21(24,25)26/h1,6-10,12-13,18H,2-5H2,(H2,28,29,30,31). The second-order valence-electron chi connectivity index (χ2n) is 7.97. The number of H-pyrrole nitrogens is 1. The highest BCUT2D eigenvalue weighted by Crippen LogP contribution is 2.31. The Balaban J connectivity index is 1.32. The van der Waals surface area contributed by atoms with E-state index in [1.54, 1.807) is 30.7 Å². The summed E-state index contributed by atoms with van der Waals surface area (Å²) in [6, 6.07) is 3.39. The Morgan fingerprint density at radius 3 is 2.61 bits per heavy atom. The maximum atomic E-state index is 13.2. The van der Waals surface area contributed by atoms with Crippen molar-refractivity contribution in [2.45, 2.75) is 50.6 Å². The molecule has 0 aromatic carbocycles. The molecular weight excluding hydrogens is 447 g/mol. The minimum absolute atomic E-state index is 0.0543. The van der Waals surface area contributed by atoms with Crippen molar-refractivity contribution >= 4 is 22.6 Å². The van der Waals surface area contributed by atoms with Gasteiger partial charge in [-0.25, -0.2) is 18.7 Å². The summed E-state index contributed by atoms with van der Waals surface area (Å²) in [4.78, 5) is 15.9. The van der Waals surface area contributed by atoms with Gasteiger partial charge in [-0.3, -0.25) is 9.14 Å². The average molecular weight is 466 g/mol. The van der Waals surface area contributed by atoms with Gasteiger partial charge in [-0.1, -0.05) is 0 Å². The molecule has 0 atom stereocenters. The lowest BCUT2D eigenvalue weighted by Crippen LogP contribution is -2.33. The van der Waals surface area contributed by atoms with Gasteiger partial charge >= 0.3 is 6.36 Å². The quantitative estimate of drug-likeness (QED) is 0.382. The Kier molecular flexibility index (Phi) is 5.39. The van der Waals surface area contributed by atoms with E-state index >= 15 is 0 Å². The van der Waals surface area contributed by atoms with Crippen LogP contribution in [-0.2, 0) is 4.74 Å². The molecule has 4 aromatic heterocycles. The summed E-state index contributed by atoms with van der Waals surface area (Å²) in [5, 5.41) is 3.88. The summed E-state index contributed by atoms with van der Waals surface area (Å²) in [7, 11) is 0. The average Bonchev–Trinajstić information content (AvgIpc) is 3.37. The summed E-state index contributed by atoms with van der Waals surface area (Å²) in [6.07, 6.45) is -0.375. The molecule has 0 saturated heterocycles. The van der Waals surface area contributed by atoms with Crippen LogP contribution in [0.3, 0.4) is 0 Å². The van der Waals surface area contributed by atoms with E-state index in [9.17, 15) is 22.0 Å². The maximum absolute atomic E-state index is 13.2. The molecular formula is C21H19F5N6O. The van der Waals surface area contributed by atoms with Gasteiger partial charge in [0.1, 0.15) is 17.0 Å². The fourth-order valence-corrected chi connectivity index (χ4v) is 4.23. The highest BCUT2D eigenvalue weighted by atomic mass is 19.4. The first-order valence-electron chi connectivity index (χ1n) is 10.4. The zero-order valence-electron chi connectivity index (χ0n) is 17.1. The van der Waals surface area contributed by atoms with Gasteiger partial charge in [-0.05, 0) is 37.8 Å². The SMILES string of the molecule is FC(F)c1cnc2ccc(-c3c[nH]c4nc(NC5CCC(OC(F)(F)F)CC5)ncc34)cn12. The fraction of sp³-hybridized carbons (Fsp3) is 0.381. The van der Waals surface area contributed by atoms with Crippen molar-refractivity contribution in [2.75, 3.05) is 5.32 Å². The number of alkyl halides is 5. The Hall–Kier alpha value is -3.28. The van der Waals surface area contributed by atoms with Crippen molar-refractivity contribution in [3.8, 4) is 11.1 Å². The summed E-state index contributed by atoms with van der Waals surface area (Å²) < 4.78 is 69.1. The van der Waals surface area contributed by atoms with E-state index in [-0.39, 0.29) is 11.7 Å². The van der Waals surface area contributed by atoms with Crippen LogP contribution in [0.5, 0.6) is 0 Å². The normalized spacial score (nSPS) is 19.6. The van der Waals surface area contributed by atoms with Crippen LogP contribution in [0.4, 0.5) is 27.9 Å². The summed E-state index contributed by atoms with van der Waals surface area (Å²) in [5.74, 6) is 0.362. The van der Waals surface area contributed by atoms with E-state index in [2.05, 4.69) is 30.0 Å². The minimum atomic E-state index is -4.62. The Bertz CT molecular complexity index is 1280. The number of nitrogens with one attached hydrogen (secondary N) is 2. The van der Waals surface area contributed by atoms with Gasteiger partial charge in [-0.2, -0.15) is 4.98 Å². The number of nitrogens with zero attached hydrogens (tertiary/aromatic N) is 4. The number of anilines is 1. The predicted octanol–water partition coefficient (Wildman–Crippen LogP) is 5.47. The largest absolute Gasteiger partial charge is 0.522 e. The van der Waals surface area contributed by atoms with Crippen molar-refractivity contribution in [3.63, 3.8) is 0 Å². The molecule has 0 radical (unpaired) electrons. The molecule has 2 N–H and O–H groups in total. The van der Waals surface area contributed by atoms with Crippen molar-refractivity contribution < 1.29 is 26.7 Å². The van der Waals surface area contributed by atoms with E-state index in [0.29, 0.717) is 53.9 Å². The van der Waals surface area contributed by atoms with E-state index in [1.807, 2.05) is 0 Å². The number of aromatic nitrogens is 5. The molecule has 7 nitrogen and oxygen atoms in total. The highest BCUT2D eigenvalue weighted by molar-refractivity contribution is 5.93. The van der Waals surface area contributed by atoms with Crippen molar-refractivity contribution in [3.05, 3.63) is 42.6 Å². The third kappa shape index (κ3) is 4.47. The number of halogens is 5. The number of fused-ring (bicyclic) bond motifs is 2. The zero-order chi connectivity index (χ0) is 23.2. The van der Waals surface area contributed by atoms with Gasteiger partial charge in [0.05, 0.1) is 12.3 Å². The molecule has 0 spiro atoms. The molecule has 33 heavy (non-hydrogen) atoms. The van der Waals surface area contributed by atoms with Crippen molar-refractivity contribution in [1.82, 2.24) is 24.3 Å². The molecule has 12 heteroatoms. The van der Waals surface area contributed by atoms with Gasteiger partial charge in [-0.15, -0.1) is 13.2 Å². The Labute approximate surface area is 184 Å². The molecule has 1 aliphatic carbocycles. The van der Waals surface area contributed by atoms with Crippen LogP contribution < -0.4 is 5.32 Å². The summed E-state index contributed by atoms with van der Waals surface area (Å²) in [6.45, 7) is 0. The second-order valence-corrected chi connectivity index (χ2v) is 7.97. The van der Waals surface area contributed by atoms with E-state index in [0.717, 1.165) is 11.8 Å². The van der Waals surface area contributed by atoms with E-state index < -0.39 is 18.9 Å². The number of ether oxygens (including phenoxy) is 1. The van der Waals surface area contributed by atoms with Gasteiger partial charge in [0, 0.05) is 41.1 Å². The third-order valence-corrected chi connectivity index (χ3v) is 5.81. The number of hydrogen-bond donors (Lipinski definition) is 2. The predicted molar refractivity (Wildman–Crippen MR) is 110 cm³/mol. The molecule has 1 fully saturated rings. The topological polar surface area (TPSA) is 80.1 Å². The molecule has 0 amide bonds. The van der Waals surface area contributed by atoms with Gasteiger partial charge < -0.3 is 10.3 Å². The lowest BCUT2D eigenvalue weighted by Gasteiger charge is -2.29. The molecule has 1 saturated carbocycles. The minimum Gasteiger partial charge on any atom is -0.351 e. The van der Waals surface area contributed by atoms with E-state index in [4.69, 9.17) is 0 Å². The molecule has 0 aliphatic heterocycles. The summed E-state index contributed by atoms with van der Waals surface area (Å²) >= 11 is 0. The second kappa shape index (κ2) is 8.25. The monoisotopic (exact) mass is 466 g/mol. The van der Waals surface area contributed by atoms with Crippen LogP contribution in [-0.4, -0.2) is 42.8 Å². The van der Waals surface area contributed by atoms with Crippen LogP contribution in [0.15, 0.2) is 36.9 Å². The third-order valence-electron chi connectivity index (χ3n) is 5.81. The number of imidazole rings is 1. The van der Waals surface area contributed by atoms with Gasteiger partial charge in [0.2, 0.25) is 5.95 Å². The molecule has 4 heterocycles. The van der Waals surface area contributed by atoms with E-state index in [1.165, 1.54) is 4.40 Å². The number of rotatable bonds is 5. The Morgan fingerprint density at radius 2 is 1.88 bits per heavy atom. The maximum Gasteiger partial charge on any atom is 0.522 e. The first-order chi connectivity index (χ1) is 15.8. The molecule has 0 unspecified atom stereocenters. The highest BCUT2D eigenvalue weighted by Gasteiger charge is 2.35. The number of pyridine rings is 1. The van der Waals surface area contributed by atoms with Crippen molar-refractivity contribution in [1.29, 1.82) is 0 Å². The Morgan fingerprint density at radius 1 is 1.09 bits per heavy atom. The van der Waals surface area contributed by atoms with Crippen molar-refractivity contribution in [2.24, 2.45) is 0 Å². The van der Waals surface area contributed by atoms with Crippen LogP contribution >= 0.6 is 0 Å². The first kappa shape index (κ1) is 21.6. The molecule has 0 bridgehead atoms. The lowest BCUT2D eigenvalue weighted by molar-refractivity contribution is -0.345. The van der Waals surface area contributed by atoms with Crippen LogP contribution in [0.25, 0.3) is 27.8 Å². The van der Waals surface area contributed by atoms with Gasteiger partial charge in [0.25, 0.3) is 6.43 Å². The lowest BCUT2D eigenvalue weighted by atomic mass is 9.93. The number of hydrogen-bond acceptors (Lipinski definition) is 5. The molecule has 1 aliphatic rings. The first-order valence-corrected chi connectivity index (χ1v) is 10.4. The van der Waals surface area contributed by atoms with Crippen LogP contribution in [0.1, 0.15) is 37.8 Å². The molecule has 174 valence electrons. The van der Waals surface area contributed by atoms with Gasteiger partial charge in [0.15, 0.2) is 0 Å². The smallest absolute Gasteiger partial charge is 0.351 e. The molecule has 5 rings (SSSR count). The fourth-order valence-electron chi connectivity index (χ4n) is 4.23. The summed E-state index contributed by atoms with van der Waals surface area (Å²) in [5.41, 5.74) is 2.23. The molecule has 4 aromatic rings. The van der Waals surface area contributed by atoms with Crippen LogP contribution in [0.2, 0.25) is 0 Å². The zero-order valence-corrected chi connectivity index (χ0v) is 17.1. The van der Waals surface area contributed by atoms with Crippen LogP contribution in [0, 0.1) is 0 Å².